The molecule has 0 saturated carbocycles. The molecule has 0 bridgehead atoms. The van der Waals surface area contributed by atoms with Crippen molar-refractivity contribution in [3.63, 3.8) is 0 Å². The first kappa shape index (κ1) is 31.8. The number of carboxylic acids is 1. The van der Waals surface area contributed by atoms with Crippen LogP contribution in [0.1, 0.15) is 123 Å². The van der Waals surface area contributed by atoms with Crippen molar-refractivity contribution in [1.82, 2.24) is 10.2 Å². The molecular weight excluding hydrogens is 444 g/mol. The number of amides is 1. The van der Waals surface area contributed by atoms with Crippen molar-refractivity contribution in [3.8, 4) is 0 Å². The third kappa shape index (κ3) is 15.5. The molecule has 0 spiro atoms. The monoisotopic (exact) mass is 498 g/mol. The topological polar surface area (TPSA) is 99.1 Å². The molecule has 0 aromatic carbocycles. The summed E-state index contributed by atoms with van der Waals surface area (Å²) < 4.78 is 5.24. The molecule has 1 aliphatic heterocycles. The van der Waals surface area contributed by atoms with E-state index in [1.165, 1.54) is 70.6 Å². The average Bonchev–Trinajstić information content (AvgIpc) is 2.84. The van der Waals surface area contributed by atoms with Gasteiger partial charge in [-0.3, -0.25) is 9.69 Å². The molecule has 0 radical (unpaired) electrons. The Bertz CT molecular complexity index is 551. The fourth-order valence-corrected chi connectivity index (χ4v) is 4.75. The van der Waals surface area contributed by atoms with Crippen molar-refractivity contribution in [2.24, 2.45) is 5.92 Å². The molecule has 0 aromatic rings. The van der Waals surface area contributed by atoms with Gasteiger partial charge >= 0.3 is 5.97 Å². The van der Waals surface area contributed by atoms with Gasteiger partial charge in [0.2, 0.25) is 11.6 Å². The van der Waals surface area contributed by atoms with Crippen LogP contribution in [0, 0.1) is 5.92 Å². The van der Waals surface area contributed by atoms with Crippen LogP contribution >= 0.6 is 0 Å². The number of ether oxygens (including phenoxy) is 1. The molecule has 3 N–H and O–H groups in total. The van der Waals surface area contributed by atoms with Gasteiger partial charge in [0, 0.05) is 32.5 Å². The third-order valence-corrected chi connectivity index (χ3v) is 7.09. The molecular formula is C28H54N2O5. The zero-order valence-electron chi connectivity index (χ0n) is 22.7. The SMILES string of the molecule is CC(C)CCCCCCCCCCCCCCC(=O)NCCCCC(O)(C(=O)O)N1CCOCC1. The molecule has 1 aliphatic rings. The summed E-state index contributed by atoms with van der Waals surface area (Å²) in [5.41, 5.74) is -1.85. The summed E-state index contributed by atoms with van der Waals surface area (Å²) in [5.74, 6) is -0.299. The van der Waals surface area contributed by atoms with E-state index in [4.69, 9.17) is 4.74 Å². The average molecular weight is 499 g/mol. The number of nitrogens with one attached hydrogen (secondary N) is 1. The number of rotatable bonds is 22. The molecule has 0 aliphatic carbocycles. The summed E-state index contributed by atoms with van der Waals surface area (Å²) in [5, 5.41) is 23.0. The lowest BCUT2D eigenvalue weighted by molar-refractivity contribution is -0.193. The molecule has 1 amide bonds. The first-order valence-electron chi connectivity index (χ1n) is 14.4. The predicted molar refractivity (Wildman–Crippen MR) is 141 cm³/mol. The highest BCUT2D eigenvalue weighted by molar-refractivity contribution is 5.76. The van der Waals surface area contributed by atoms with Gasteiger partial charge in [0.15, 0.2) is 0 Å². The lowest BCUT2D eigenvalue weighted by Crippen LogP contribution is -2.58. The Kier molecular flexibility index (Phi) is 18.1. The van der Waals surface area contributed by atoms with Crippen LogP contribution in [0.25, 0.3) is 0 Å². The highest BCUT2D eigenvalue weighted by Crippen LogP contribution is 2.21. The maximum Gasteiger partial charge on any atom is 0.351 e. The standard InChI is InChI=1S/C28H54N2O5/c1-25(2)17-13-11-9-7-5-3-4-6-8-10-12-14-18-26(31)29-20-16-15-19-28(34,27(32)33)30-21-23-35-24-22-30/h25,34H,3-24H2,1-2H3,(H,29,31)(H,32,33). The minimum atomic E-state index is -1.85. The fraction of sp³-hybridized carbons (Fsp3) is 0.929. The van der Waals surface area contributed by atoms with Crippen LogP contribution < -0.4 is 5.32 Å². The van der Waals surface area contributed by atoms with Crippen molar-refractivity contribution in [3.05, 3.63) is 0 Å². The summed E-state index contributed by atoms with van der Waals surface area (Å²) in [6.07, 6.45) is 18.8. The number of nitrogens with zero attached hydrogens (tertiary/aromatic N) is 1. The second kappa shape index (κ2) is 19.9. The van der Waals surface area contributed by atoms with E-state index >= 15 is 0 Å². The predicted octanol–water partition coefficient (Wildman–Crippen LogP) is 5.50. The van der Waals surface area contributed by atoms with E-state index < -0.39 is 11.7 Å². The number of carboxylic acid groups (broad SMARTS) is 1. The van der Waals surface area contributed by atoms with Gasteiger partial charge in [-0.15, -0.1) is 0 Å². The lowest BCUT2D eigenvalue weighted by atomic mass is 10.0. The van der Waals surface area contributed by atoms with E-state index in [9.17, 15) is 19.8 Å². The smallest absolute Gasteiger partial charge is 0.351 e. The number of carbonyl (C=O) groups is 2. The normalized spacial score (nSPS) is 16.3. The molecule has 7 heteroatoms. The van der Waals surface area contributed by atoms with Gasteiger partial charge in [0.25, 0.3) is 0 Å². The van der Waals surface area contributed by atoms with Gasteiger partial charge in [-0.25, -0.2) is 4.79 Å². The first-order chi connectivity index (χ1) is 16.9. The highest BCUT2D eigenvalue weighted by atomic mass is 16.5. The van der Waals surface area contributed by atoms with Crippen molar-refractivity contribution in [2.45, 2.75) is 129 Å². The van der Waals surface area contributed by atoms with Gasteiger partial charge in [0.05, 0.1) is 13.2 Å². The summed E-state index contributed by atoms with van der Waals surface area (Å²) in [6.45, 7) is 6.83. The lowest BCUT2D eigenvalue weighted by Gasteiger charge is -2.38. The quantitative estimate of drug-likeness (QED) is 0.171. The van der Waals surface area contributed by atoms with E-state index in [0.29, 0.717) is 52.1 Å². The first-order valence-corrected chi connectivity index (χ1v) is 14.4. The summed E-state index contributed by atoms with van der Waals surface area (Å²) >= 11 is 0. The Labute approximate surface area is 214 Å². The maximum absolute atomic E-state index is 12.0. The Hall–Kier alpha value is -1.18. The number of aliphatic carboxylic acids is 1. The Balaban J connectivity index is 1.91. The molecule has 1 saturated heterocycles. The molecule has 1 heterocycles. The molecule has 0 aromatic heterocycles. The van der Waals surface area contributed by atoms with E-state index in [1.807, 2.05) is 0 Å². The number of aliphatic hydroxyl groups is 1. The minimum absolute atomic E-state index is 0.0695. The Morgan fingerprint density at radius 3 is 1.86 bits per heavy atom. The maximum atomic E-state index is 12.0. The number of hydrogen-bond acceptors (Lipinski definition) is 5. The van der Waals surface area contributed by atoms with E-state index in [2.05, 4.69) is 19.2 Å². The van der Waals surface area contributed by atoms with E-state index in [-0.39, 0.29) is 12.3 Å². The molecule has 7 nitrogen and oxygen atoms in total. The van der Waals surface area contributed by atoms with Crippen LogP contribution in [-0.2, 0) is 14.3 Å². The van der Waals surface area contributed by atoms with Crippen LogP contribution in [0.2, 0.25) is 0 Å². The molecule has 35 heavy (non-hydrogen) atoms. The van der Waals surface area contributed by atoms with Gasteiger partial charge in [-0.2, -0.15) is 0 Å². The van der Waals surface area contributed by atoms with Gasteiger partial charge < -0.3 is 20.3 Å². The van der Waals surface area contributed by atoms with Crippen molar-refractivity contribution in [2.75, 3.05) is 32.8 Å². The van der Waals surface area contributed by atoms with Crippen molar-refractivity contribution < 1.29 is 24.5 Å². The Morgan fingerprint density at radius 2 is 1.34 bits per heavy atom. The van der Waals surface area contributed by atoms with Gasteiger partial charge in [-0.05, 0) is 25.2 Å². The third-order valence-electron chi connectivity index (χ3n) is 7.09. The molecule has 1 rings (SSSR count). The second-order valence-corrected chi connectivity index (χ2v) is 10.7. The van der Waals surface area contributed by atoms with E-state index in [0.717, 1.165) is 18.8 Å². The molecule has 1 fully saturated rings. The van der Waals surface area contributed by atoms with Gasteiger partial charge in [0.1, 0.15) is 0 Å². The molecule has 206 valence electrons. The zero-order valence-corrected chi connectivity index (χ0v) is 22.7. The Morgan fingerprint density at radius 1 is 0.829 bits per heavy atom. The zero-order chi connectivity index (χ0) is 25.8. The number of unbranched alkanes of at least 4 members (excludes halogenated alkanes) is 12. The number of carbonyl (C=O) groups excluding carboxylic acids is 1. The highest BCUT2D eigenvalue weighted by Gasteiger charge is 2.42. The van der Waals surface area contributed by atoms with Crippen molar-refractivity contribution in [1.29, 1.82) is 0 Å². The summed E-state index contributed by atoms with van der Waals surface area (Å²) in [7, 11) is 0. The van der Waals surface area contributed by atoms with Crippen LogP contribution in [0.5, 0.6) is 0 Å². The van der Waals surface area contributed by atoms with E-state index in [1.54, 1.807) is 4.90 Å². The number of hydrogen-bond donors (Lipinski definition) is 3. The molecule has 1 atom stereocenters. The summed E-state index contributed by atoms with van der Waals surface area (Å²) in [4.78, 5) is 25.2. The van der Waals surface area contributed by atoms with Crippen LogP contribution in [0.4, 0.5) is 0 Å². The molecule has 1 unspecified atom stereocenters. The number of morpholine rings is 1. The second-order valence-electron chi connectivity index (χ2n) is 10.7. The van der Waals surface area contributed by atoms with Crippen LogP contribution in [0.3, 0.4) is 0 Å². The minimum Gasteiger partial charge on any atom is -0.478 e. The van der Waals surface area contributed by atoms with Crippen molar-refractivity contribution >= 4 is 11.9 Å². The summed E-state index contributed by atoms with van der Waals surface area (Å²) in [6, 6.07) is 0. The van der Waals surface area contributed by atoms with Gasteiger partial charge in [-0.1, -0.05) is 90.9 Å². The largest absolute Gasteiger partial charge is 0.478 e. The van der Waals surface area contributed by atoms with Crippen LogP contribution in [-0.4, -0.2) is 65.6 Å². The van der Waals surface area contributed by atoms with Crippen LogP contribution in [0.15, 0.2) is 0 Å². The fourth-order valence-electron chi connectivity index (χ4n) is 4.75.